The van der Waals surface area contributed by atoms with Gasteiger partial charge in [0.2, 0.25) is 0 Å². The lowest BCUT2D eigenvalue weighted by Crippen LogP contribution is -2.20. The summed E-state index contributed by atoms with van der Waals surface area (Å²) in [7, 11) is 0. The lowest BCUT2D eigenvalue weighted by Gasteiger charge is -2.22. The van der Waals surface area contributed by atoms with Crippen LogP contribution < -0.4 is 5.73 Å². The molecule has 20 heavy (non-hydrogen) atoms. The van der Waals surface area contributed by atoms with Gasteiger partial charge in [-0.3, -0.25) is 0 Å². The molecule has 0 saturated carbocycles. The number of aliphatic hydroxyl groups excluding tert-OH is 1. The monoisotopic (exact) mass is 273 g/mol. The van der Waals surface area contributed by atoms with E-state index in [1.54, 1.807) is 0 Å². The molecule has 2 aromatic rings. The minimum atomic E-state index is -0.639. The van der Waals surface area contributed by atoms with Gasteiger partial charge in [0.05, 0.1) is 6.10 Å². The number of aryl methyl sites for hydroxylation is 4. The van der Waals surface area contributed by atoms with E-state index in [1.165, 1.54) is 11.1 Å². The van der Waals surface area contributed by atoms with Gasteiger partial charge in [-0.05, 0) is 50.5 Å². The molecule has 0 bridgehead atoms. The Balaban J connectivity index is 2.36. The second-order valence-electron chi connectivity index (χ2n) is 5.50. The molecule has 108 valence electrons. The zero-order valence-corrected chi connectivity index (χ0v) is 12.6. The van der Waals surface area contributed by atoms with E-state index in [4.69, 9.17) is 10.2 Å². The van der Waals surface area contributed by atoms with Crippen molar-refractivity contribution >= 4 is 0 Å². The fourth-order valence-corrected chi connectivity index (χ4v) is 2.60. The largest absolute Gasteiger partial charge is 0.466 e. The summed E-state index contributed by atoms with van der Waals surface area (Å²) >= 11 is 0. The summed E-state index contributed by atoms with van der Waals surface area (Å²) in [4.78, 5) is 0. The molecule has 0 amide bonds. The van der Waals surface area contributed by atoms with Crippen LogP contribution in [0, 0.1) is 27.7 Å². The summed E-state index contributed by atoms with van der Waals surface area (Å²) in [6.45, 7) is 8.31. The number of hydrogen-bond donors (Lipinski definition) is 2. The fourth-order valence-electron chi connectivity index (χ4n) is 2.60. The van der Waals surface area contributed by atoms with Gasteiger partial charge in [0.15, 0.2) is 0 Å². The van der Waals surface area contributed by atoms with E-state index in [9.17, 15) is 5.11 Å². The van der Waals surface area contributed by atoms with Crippen LogP contribution in [0.3, 0.4) is 0 Å². The van der Waals surface area contributed by atoms with Crippen LogP contribution in [-0.4, -0.2) is 11.7 Å². The Hall–Kier alpha value is -1.58. The predicted octanol–water partition coefficient (Wildman–Crippen LogP) is 3.29. The van der Waals surface area contributed by atoms with Gasteiger partial charge in [-0.2, -0.15) is 0 Å². The number of rotatable bonds is 4. The van der Waals surface area contributed by atoms with E-state index < -0.39 is 6.10 Å². The maximum Gasteiger partial charge on any atom is 0.106 e. The summed E-state index contributed by atoms with van der Waals surface area (Å²) in [5.41, 5.74) is 10.3. The molecule has 1 aromatic heterocycles. The molecule has 2 atom stereocenters. The predicted molar refractivity (Wildman–Crippen MR) is 80.9 cm³/mol. The van der Waals surface area contributed by atoms with Crippen LogP contribution in [0.1, 0.15) is 45.8 Å². The smallest absolute Gasteiger partial charge is 0.106 e. The van der Waals surface area contributed by atoms with Crippen LogP contribution in [-0.2, 0) is 0 Å². The van der Waals surface area contributed by atoms with E-state index in [1.807, 2.05) is 26.0 Å². The molecule has 1 heterocycles. The third-order valence-corrected chi connectivity index (χ3v) is 3.99. The lowest BCUT2D eigenvalue weighted by atomic mass is 9.88. The first-order chi connectivity index (χ1) is 9.43. The van der Waals surface area contributed by atoms with E-state index in [0.717, 1.165) is 22.6 Å². The van der Waals surface area contributed by atoms with Crippen molar-refractivity contribution in [3.8, 4) is 0 Å². The van der Waals surface area contributed by atoms with Crippen LogP contribution >= 0.6 is 0 Å². The molecular formula is C17H23NO2. The number of aliphatic hydroxyl groups is 1. The van der Waals surface area contributed by atoms with Crippen molar-refractivity contribution in [2.75, 3.05) is 6.54 Å². The zero-order chi connectivity index (χ0) is 14.9. The number of furan rings is 1. The molecule has 3 N–H and O–H groups in total. The SMILES string of the molecule is Cc1cc(C(O)C(CN)c2ccc(C)c(C)c2)c(C)o1. The summed E-state index contributed by atoms with van der Waals surface area (Å²) in [5, 5.41) is 10.6. The molecular weight excluding hydrogens is 250 g/mol. The van der Waals surface area contributed by atoms with Crippen molar-refractivity contribution in [2.45, 2.75) is 39.7 Å². The molecule has 2 unspecified atom stereocenters. The molecule has 3 heteroatoms. The molecule has 3 nitrogen and oxygen atoms in total. The number of hydrogen-bond acceptors (Lipinski definition) is 3. The first-order valence-corrected chi connectivity index (χ1v) is 6.96. The molecule has 1 aromatic carbocycles. The summed E-state index contributed by atoms with van der Waals surface area (Å²) in [6, 6.07) is 8.13. The Morgan fingerprint density at radius 2 is 1.80 bits per heavy atom. The molecule has 0 aliphatic rings. The van der Waals surface area contributed by atoms with Gasteiger partial charge in [-0.15, -0.1) is 0 Å². The Morgan fingerprint density at radius 3 is 2.30 bits per heavy atom. The van der Waals surface area contributed by atoms with Crippen LogP contribution in [0.25, 0.3) is 0 Å². The van der Waals surface area contributed by atoms with Gasteiger partial charge in [0.25, 0.3) is 0 Å². The fraction of sp³-hybridized carbons (Fsp3) is 0.412. The van der Waals surface area contributed by atoms with Crippen molar-refractivity contribution < 1.29 is 9.52 Å². The highest BCUT2D eigenvalue weighted by Gasteiger charge is 2.25. The summed E-state index contributed by atoms with van der Waals surface area (Å²) in [6.07, 6.45) is -0.639. The lowest BCUT2D eigenvalue weighted by molar-refractivity contribution is 0.145. The van der Waals surface area contributed by atoms with Gasteiger partial charge in [0, 0.05) is 18.0 Å². The van der Waals surface area contributed by atoms with Crippen LogP contribution in [0.4, 0.5) is 0 Å². The Kier molecular flexibility index (Phi) is 4.31. The van der Waals surface area contributed by atoms with Crippen LogP contribution in [0.5, 0.6) is 0 Å². The van der Waals surface area contributed by atoms with Crippen molar-refractivity contribution in [1.82, 2.24) is 0 Å². The summed E-state index contributed by atoms with van der Waals surface area (Å²) in [5.74, 6) is 1.45. The third kappa shape index (κ3) is 2.79. The maximum absolute atomic E-state index is 10.6. The average molecular weight is 273 g/mol. The Labute approximate surface area is 120 Å². The van der Waals surface area contributed by atoms with Crippen molar-refractivity contribution in [2.24, 2.45) is 5.73 Å². The molecule has 0 aliphatic heterocycles. The first kappa shape index (κ1) is 14.8. The van der Waals surface area contributed by atoms with Gasteiger partial charge in [0.1, 0.15) is 11.5 Å². The second kappa shape index (κ2) is 5.81. The highest BCUT2D eigenvalue weighted by Crippen LogP contribution is 2.33. The van der Waals surface area contributed by atoms with E-state index in [0.29, 0.717) is 6.54 Å². The normalized spacial score (nSPS) is 14.3. The topological polar surface area (TPSA) is 59.4 Å². The number of benzene rings is 1. The molecule has 0 fully saturated rings. The zero-order valence-electron chi connectivity index (χ0n) is 12.6. The molecule has 2 rings (SSSR count). The summed E-state index contributed by atoms with van der Waals surface area (Å²) < 4.78 is 5.51. The van der Waals surface area contributed by atoms with E-state index >= 15 is 0 Å². The van der Waals surface area contributed by atoms with Gasteiger partial charge < -0.3 is 15.3 Å². The number of nitrogens with two attached hydrogens (primary N) is 1. The molecule has 0 radical (unpaired) electrons. The highest BCUT2D eigenvalue weighted by atomic mass is 16.3. The first-order valence-electron chi connectivity index (χ1n) is 6.96. The van der Waals surface area contributed by atoms with Gasteiger partial charge in [-0.1, -0.05) is 18.2 Å². The van der Waals surface area contributed by atoms with Crippen molar-refractivity contribution in [3.63, 3.8) is 0 Å². The molecule has 0 spiro atoms. The molecule has 0 saturated heterocycles. The van der Waals surface area contributed by atoms with Crippen LogP contribution in [0.15, 0.2) is 28.7 Å². The minimum absolute atomic E-state index is 0.120. The van der Waals surface area contributed by atoms with E-state index in [-0.39, 0.29) is 5.92 Å². The van der Waals surface area contributed by atoms with Crippen LogP contribution in [0.2, 0.25) is 0 Å². The quantitative estimate of drug-likeness (QED) is 0.898. The van der Waals surface area contributed by atoms with Gasteiger partial charge >= 0.3 is 0 Å². The average Bonchev–Trinajstić information content (AvgIpc) is 2.73. The minimum Gasteiger partial charge on any atom is -0.466 e. The maximum atomic E-state index is 10.6. The van der Waals surface area contributed by atoms with Crippen molar-refractivity contribution in [1.29, 1.82) is 0 Å². The molecule has 0 aliphatic carbocycles. The Morgan fingerprint density at radius 1 is 1.10 bits per heavy atom. The highest BCUT2D eigenvalue weighted by molar-refractivity contribution is 5.35. The Bertz CT molecular complexity index is 601. The van der Waals surface area contributed by atoms with Crippen molar-refractivity contribution in [3.05, 3.63) is 58.0 Å². The standard InChI is InChI=1S/C17H23NO2/c1-10-5-6-14(7-11(10)2)16(9-18)17(19)15-8-12(3)20-13(15)4/h5-8,16-17,19H,9,18H2,1-4H3. The van der Waals surface area contributed by atoms with Gasteiger partial charge in [-0.25, -0.2) is 0 Å². The second-order valence-corrected chi connectivity index (χ2v) is 5.50. The third-order valence-electron chi connectivity index (χ3n) is 3.99. The van der Waals surface area contributed by atoms with E-state index in [2.05, 4.69) is 26.0 Å².